The molecule has 0 aliphatic carbocycles. The molecule has 0 saturated heterocycles. The van der Waals surface area contributed by atoms with E-state index >= 15 is 0 Å². The second-order valence-corrected chi connectivity index (χ2v) is 2.70. The lowest BCUT2D eigenvalue weighted by molar-refractivity contribution is 0.314. The van der Waals surface area contributed by atoms with E-state index < -0.39 is 11.6 Å². The van der Waals surface area contributed by atoms with Gasteiger partial charge in [0.05, 0.1) is 6.04 Å². The molecule has 0 fully saturated rings. The lowest BCUT2D eigenvalue weighted by Gasteiger charge is -2.00. The number of ether oxygens (including phenoxy) is 1. The Hall–Kier alpha value is -1.16. The molecule has 0 spiro atoms. The zero-order chi connectivity index (χ0) is 8.72. The minimum absolute atomic E-state index is 0.0394. The first kappa shape index (κ1) is 7.49. The highest BCUT2D eigenvalue weighted by molar-refractivity contribution is 5.40. The van der Waals surface area contributed by atoms with Crippen LogP contribution in [-0.4, -0.2) is 6.61 Å². The summed E-state index contributed by atoms with van der Waals surface area (Å²) in [6.07, 6.45) is 0. The summed E-state index contributed by atoms with van der Waals surface area (Å²) in [5.74, 6) is -1.88. The zero-order valence-electron chi connectivity index (χ0n) is 6.18. The fourth-order valence-corrected chi connectivity index (χ4v) is 1.25. The summed E-state index contributed by atoms with van der Waals surface area (Å²) in [6.45, 7) is 0.218. The minimum Gasteiger partial charge on any atom is -0.488 e. The number of hydrogen-bond donors (Lipinski definition) is 1. The molecule has 0 aromatic heterocycles. The Kier molecular flexibility index (Phi) is 1.51. The van der Waals surface area contributed by atoms with E-state index in [1.807, 2.05) is 0 Å². The monoisotopic (exact) mass is 171 g/mol. The lowest BCUT2D eigenvalue weighted by Crippen LogP contribution is -2.10. The van der Waals surface area contributed by atoms with Crippen LogP contribution in [0.1, 0.15) is 11.6 Å². The van der Waals surface area contributed by atoms with Crippen LogP contribution < -0.4 is 10.5 Å². The van der Waals surface area contributed by atoms with Gasteiger partial charge in [0, 0.05) is 5.56 Å². The Morgan fingerprint density at radius 3 is 2.92 bits per heavy atom. The average molecular weight is 171 g/mol. The third-order valence-corrected chi connectivity index (χ3v) is 1.89. The van der Waals surface area contributed by atoms with E-state index in [0.29, 0.717) is 5.56 Å². The van der Waals surface area contributed by atoms with Crippen molar-refractivity contribution in [2.24, 2.45) is 5.73 Å². The Morgan fingerprint density at radius 2 is 2.17 bits per heavy atom. The van der Waals surface area contributed by atoms with Crippen molar-refractivity contribution < 1.29 is 13.5 Å². The third-order valence-electron chi connectivity index (χ3n) is 1.89. The van der Waals surface area contributed by atoms with Crippen LogP contribution in [0.5, 0.6) is 5.75 Å². The third kappa shape index (κ3) is 0.881. The van der Waals surface area contributed by atoms with Crippen molar-refractivity contribution in [3.8, 4) is 5.75 Å². The Balaban J connectivity index is 2.60. The largest absolute Gasteiger partial charge is 0.488 e. The number of nitrogens with two attached hydrogens (primary N) is 1. The highest BCUT2D eigenvalue weighted by atomic mass is 19.2. The Bertz CT molecular complexity index is 327. The second-order valence-electron chi connectivity index (χ2n) is 2.70. The SMILES string of the molecule is N[C@H]1COc2c1ccc(F)c2F. The van der Waals surface area contributed by atoms with Crippen LogP contribution in [0.25, 0.3) is 0 Å². The van der Waals surface area contributed by atoms with Gasteiger partial charge in [-0.2, -0.15) is 4.39 Å². The maximum absolute atomic E-state index is 12.9. The van der Waals surface area contributed by atoms with Crippen molar-refractivity contribution in [3.63, 3.8) is 0 Å². The molecule has 12 heavy (non-hydrogen) atoms. The summed E-state index contributed by atoms with van der Waals surface area (Å²) in [5.41, 5.74) is 6.09. The second kappa shape index (κ2) is 2.42. The van der Waals surface area contributed by atoms with E-state index in [0.717, 1.165) is 6.07 Å². The van der Waals surface area contributed by atoms with Gasteiger partial charge in [0.25, 0.3) is 0 Å². The highest BCUT2D eigenvalue weighted by Crippen LogP contribution is 2.34. The molecule has 2 N–H and O–H groups in total. The molecule has 1 aliphatic heterocycles. The van der Waals surface area contributed by atoms with Crippen molar-refractivity contribution in [3.05, 3.63) is 29.3 Å². The quantitative estimate of drug-likeness (QED) is 0.639. The Labute approximate surface area is 67.9 Å². The van der Waals surface area contributed by atoms with Gasteiger partial charge in [0.2, 0.25) is 5.82 Å². The molecule has 1 aromatic carbocycles. The lowest BCUT2D eigenvalue weighted by atomic mass is 10.1. The van der Waals surface area contributed by atoms with Gasteiger partial charge >= 0.3 is 0 Å². The molecule has 0 radical (unpaired) electrons. The smallest absolute Gasteiger partial charge is 0.200 e. The number of rotatable bonds is 0. The van der Waals surface area contributed by atoms with Crippen molar-refractivity contribution in [2.75, 3.05) is 6.61 Å². The van der Waals surface area contributed by atoms with Crippen LogP contribution in [0.2, 0.25) is 0 Å². The maximum atomic E-state index is 12.9. The molecule has 0 unspecified atom stereocenters. The molecule has 4 heteroatoms. The average Bonchev–Trinajstić information content (AvgIpc) is 2.41. The summed E-state index contributed by atoms with van der Waals surface area (Å²) in [4.78, 5) is 0. The molecule has 0 bridgehead atoms. The van der Waals surface area contributed by atoms with Crippen LogP contribution in [-0.2, 0) is 0 Å². The Morgan fingerprint density at radius 1 is 1.42 bits per heavy atom. The normalized spacial score (nSPS) is 20.4. The predicted octanol–water partition coefficient (Wildman–Crippen LogP) is 1.36. The van der Waals surface area contributed by atoms with Gasteiger partial charge in [0.1, 0.15) is 6.61 Å². The maximum Gasteiger partial charge on any atom is 0.200 e. The number of halogens is 2. The van der Waals surface area contributed by atoms with Gasteiger partial charge in [-0.1, -0.05) is 6.07 Å². The van der Waals surface area contributed by atoms with Crippen molar-refractivity contribution >= 4 is 0 Å². The van der Waals surface area contributed by atoms with Gasteiger partial charge in [-0.3, -0.25) is 0 Å². The van der Waals surface area contributed by atoms with Crippen LogP contribution in [0.4, 0.5) is 8.78 Å². The van der Waals surface area contributed by atoms with Crippen molar-refractivity contribution in [2.45, 2.75) is 6.04 Å². The molecule has 0 saturated carbocycles. The first-order valence-corrected chi connectivity index (χ1v) is 3.56. The van der Waals surface area contributed by atoms with Gasteiger partial charge in [-0.25, -0.2) is 4.39 Å². The predicted molar refractivity (Wildman–Crippen MR) is 38.8 cm³/mol. The van der Waals surface area contributed by atoms with E-state index in [9.17, 15) is 8.78 Å². The van der Waals surface area contributed by atoms with Crippen molar-refractivity contribution in [1.29, 1.82) is 0 Å². The van der Waals surface area contributed by atoms with Gasteiger partial charge in [0.15, 0.2) is 11.6 Å². The molecule has 1 atom stereocenters. The van der Waals surface area contributed by atoms with E-state index in [1.165, 1.54) is 6.07 Å². The summed E-state index contributed by atoms with van der Waals surface area (Å²) in [5, 5.41) is 0. The molecular formula is C8H7F2NO. The molecule has 0 amide bonds. The molecule has 1 aliphatic rings. The van der Waals surface area contributed by atoms with Crippen LogP contribution in [0.15, 0.2) is 12.1 Å². The standard InChI is InChI=1S/C8H7F2NO/c9-5-2-1-4-6(11)3-12-8(4)7(5)10/h1-2,6H,3,11H2/t6-/m0/s1. The number of benzene rings is 1. The van der Waals surface area contributed by atoms with E-state index in [1.54, 1.807) is 0 Å². The van der Waals surface area contributed by atoms with E-state index in [4.69, 9.17) is 10.5 Å². The van der Waals surface area contributed by atoms with Crippen molar-refractivity contribution in [1.82, 2.24) is 0 Å². The van der Waals surface area contributed by atoms with Gasteiger partial charge in [-0.05, 0) is 6.07 Å². The van der Waals surface area contributed by atoms with Crippen LogP contribution >= 0.6 is 0 Å². The van der Waals surface area contributed by atoms with Crippen LogP contribution in [0.3, 0.4) is 0 Å². The van der Waals surface area contributed by atoms with Crippen LogP contribution in [0, 0.1) is 11.6 Å². The molecule has 64 valence electrons. The molecule has 2 rings (SSSR count). The van der Waals surface area contributed by atoms with Gasteiger partial charge in [-0.15, -0.1) is 0 Å². The number of fused-ring (bicyclic) bond motifs is 1. The fraction of sp³-hybridized carbons (Fsp3) is 0.250. The molecule has 1 heterocycles. The summed E-state index contributed by atoms with van der Waals surface area (Å²) < 4.78 is 30.4. The molecule has 1 aromatic rings. The summed E-state index contributed by atoms with van der Waals surface area (Å²) >= 11 is 0. The molecular weight excluding hydrogens is 164 g/mol. The molecule has 2 nitrogen and oxygen atoms in total. The highest BCUT2D eigenvalue weighted by Gasteiger charge is 2.25. The first-order chi connectivity index (χ1) is 5.70. The first-order valence-electron chi connectivity index (χ1n) is 3.56. The summed E-state index contributed by atoms with van der Waals surface area (Å²) in [7, 11) is 0. The van der Waals surface area contributed by atoms with Gasteiger partial charge < -0.3 is 10.5 Å². The van der Waals surface area contributed by atoms with E-state index in [-0.39, 0.29) is 18.4 Å². The summed E-state index contributed by atoms with van der Waals surface area (Å²) in [6, 6.07) is 2.17. The minimum atomic E-state index is -0.944. The number of hydrogen-bond acceptors (Lipinski definition) is 2. The fourth-order valence-electron chi connectivity index (χ4n) is 1.25. The topological polar surface area (TPSA) is 35.2 Å². The van der Waals surface area contributed by atoms with E-state index in [2.05, 4.69) is 0 Å². The zero-order valence-corrected chi connectivity index (χ0v) is 6.18.